The highest BCUT2D eigenvalue weighted by atomic mass is 16.5. The van der Waals surface area contributed by atoms with Gasteiger partial charge in [0, 0.05) is 5.39 Å². The molecule has 1 heterocycles. The van der Waals surface area contributed by atoms with Crippen LogP contribution in [0.1, 0.15) is 5.56 Å². The molecule has 1 aromatic carbocycles. The van der Waals surface area contributed by atoms with Crippen molar-refractivity contribution in [1.82, 2.24) is 0 Å². The summed E-state index contributed by atoms with van der Waals surface area (Å²) in [5.41, 5.74) is -0.358. The van der Waals surface area contributed by atoms with Gasteiger partial charge < -0.3 is 13.9 Å². The summed E-state index contributed by atoms with van der Waals surface area (Å²) in [4.78, 5) is 11.6. The van der Waals surface area contributed by atoms with Crippen LogP contribution in [-0.4, -0.2) is 19.8 Å². The molecule has 0 unspecified atom stereocenters. The summed E-state index contributed by atoms with van der Waals surface area (Å²) >= 11 is 0. The summed E-state index contributed by atoms with van der Waals surface area (Å²) in [6.07, 6.45) is 1.65. The molecule has 5 nitrogen and oxygen atoms in total. The maximum Gasteiger partial charge on any atom is 0.354 e. The minimum absolute atomic E-state index is 0.0241. The van der Waals surface area contributed by atoms with E-state index in [2.05, 4.69) is 6.58 Å². The molecule has 0 saturated carbocycles. The Balaban J connectivity index is 2.22. The van der Waals surface area contributed by atoms with Crippen LogP contribution in [0, 0.1) is 11.3 Å². The van der Waals surface area contributed by atoms with Crippen LogP contribution in [-0.2, 0) is 4.74 Å². The molecule has 0 radical (unpaired) electrons. The summed E-state index contributed by atoms with van der Waals surface area (Å²) in [5.74, 6) is 0.450. The molecular weight excluding hydrogens is 258 g/mol. The first kappa shape index (κ1) is 13.8. The zero-order valence-electron chi connectivity index (χ0n) is 10.8. The number of benzene rings is 1. The van der Waals surface area contributed by atoms with Gasteiger partial charge in [0.25, 0.3) is 0 Å². The number of ether oxygens (including phenoxy) is 2. The van der Waals surface area contributed by atoms with Gasteiger partial charge in [0.05, 0.1) is 13.2 Å². The van der Waals surface area contributed by atoms with Crippen molar-refractivity contribution in [3.8, 4) is 11.8 Å². The summed E-state index contributed by atoms with van der Waals surface area (Å²) < 4.78 is 15.9. The lowest BCUT2D eigenvalue weighted by Gasteiger charge is -2.08. The second-order valence-electron chi connectivity index (χ2n) is 3.95. The van der Waals surface area contributed by atoms with E-state index in [1.165, 1.54) is 6.07 Å². The van der Waals surface area contributed by atoms with Crippen LogP contribution in [0.15, 0.2) is 46.1 Å². The van der Waals surface area contributed by atoms with Crippen molar-refractivity contribution < 1.29 is 13.9 Å². The standard InChI is InChI=1S/C15H13NO4/c1-2-6-18-7-8-19-13-5-3-4-11-9-12(10-16)15(17)20-14(11)13/h2-5,9H,1,6-8H2. The van der Waals surface area contributed by atoms with Crippen LogP contribution in [0.2, 0.25) is 0 Å². The Morgan fingerprint density at radius 3 is 3.00 bits per heavy atom. The van der Waals surface area contributed by atoms with Crippen LogP contribution < -0.4 is 10.4 Å². The Hall–Kier alpha value is -2.58. The van der Waals surface area contributed by atoms with Crippen molar-refractivity contribution in [2.24, 2.45) is 0 Å². The summed E-state index contributed by atoms with van der Waals surface area (Å²) in [6.45, 7) is 4.74. The summed E-state index contributed by atoms with van der Waals surface area (Å²) in [5, 5.41) is 9.45. The van der Waals surface area contributed by atoms with Crippen LogP contribution in [0.5, 0.6) is 5.75 Å². The lowest BCUT2D eigenvalue weighted by molar-refractivity contribution is 0.121. The van der Waals surface area contributed by atoms with Gasteiger partial charge in [-0.25, -0.2) is 4.79 Å². The van der Waals surface area contributed by atoms with Crippen LogP contribution in [0.4, 0.5) is 0 Å². The fourth-order valence-electron chi connectivity index (χ4n) is 1.69. The van der Waals surface area contributed by atoms with E-state index in [1.54, 1.807) is 30.3 Å². The Labute approximate surface area is 115 Å². The molecule has 0 N–H and O–H groups in total. The van der Waals surface area contributed by atoms with Gasteiger partial charge >= 0.3 is 5.63 Å². The molecule has 0 amide bonds. The van der Waals surface area contributed by atoms with Crippen LogP contribution in [0.25, 0.3) is 11.0 Å². The Bertz CT molecular complexity index is 712. The molecule has 0 aliphatic rings. The van der Waals surface area contributed by atoms with Crippen molar-refractivity contribution in [1.29, 1.82) is 5.26 Å². The minimum atomic E-state index is -0.668. The maximum absolute atomic E-state index is 11.6. The largest absolute Gasteiger partial charge is 0.487 e. The van der Waals surface area contributed by atoms with Gasteiger partial charge in [-0.2, -0.15) is 5.26 Å². The predicted molar refractivity (Wildman–Crippen MR) is 73.7 cm³/mol. The zero-order valence-corrected chi connectivity index (χ0v) is 10.8. The topological polar surface area (TPSA) is 72.5 Å². The van der Waals surface area contributed by atoms with E-state index in [-0.39, 0.29) is 5.56 Å². The highest BCUT2D eigenvalue weighted by molar-refractivity contribution is 5.83. The molecule has 102 valence electrons. The molecule has 20 heavy (non-hydrogen) atoms. The smallest absolute Gasteiger partial charge is 0.354 e. The lowest BCUT2D eigenvalue weighted by atomic mass is 10.2. The normalized spacial score (nSPS) is 10.2. The number of fused-ring (bicyclic) bond motifs is 1. The predicted octanol–water partition coefficient (Wildman–Crippen LogP) is 2.25. The van der Waals surface area contributed by atoms with E-state index in [0.29, 0.717) is 36.5 Å². The third-order valence-corrected chi connectivity index (χ3v) is 2.57. The molecule has 0 saturated heterocycles. The van der Waals surface area contributed by atoms with Gasteiger partial charge in [-0.05, 0) is 12.1 Å². The number of para-hydroxylation sites is 1. The van der Waals surface area contributed by atoms with Gasteiger partial charge in [-0.15, -0.1) is 6.58 Å². The van der Waals surface area contributed by atoms with Crippen molar-refractivity contribution in [3.63, 3.8) is 0 Å². The van der Waals surface area contributed by atoms with Gasteiger partial charge in [0.2, 0.25) is 0 Å². The third kappa shape index (κ3) is 3.05. The van der Waals surface area contributed by atoms with Crippen molar-refractivity contribution in [3.05, 3.63) is 52.9 Å². The quantitative estimate of drug-likeness (QED) is 0.457. The van der Waals surface area contributed by atoms with Gasteiger partial charge in [-0.3, -0.25) is 0 Å². The monoisotopic (exact) mass is 271 g/mol. The fraction of sp³-hybridized carbons (Fsp3) is 0.200. The summed E-state index contributed by atoms with van der Waals surface area (Å²) in [7, 11) is 0. The van der Waals surface area contributed by atoms with Crippen molar-refractivity contribution >= 4 is 11.0 Å². The molecule has 0 fully saturated rings. The number of hydrogen-bond donors (Lipinski definition) is 0. The molecular formula is C15H13NO4. The molecule has 5 heteroatoms. The lowest BCUT2D eigenvalue weighted by Crippen LogP contribution is -2.08. The number of nitrogens with zero attached hydrogens (tertiary/aromatic N) is 1. The molecule has 0 spiro atoms. The SMILES string of the molecule is C=CCOCCOc1cccc2cc(C#N)c(=O)oc12. The van der Waals surface area contributed by atoms with E-state index in [9.17, 15) is 4.79 Å². The van der Waals surface area contributed by atoms with Gasteiger partial charge in [-0.1, -0.05) is 18.2 Å². The average molecular weight is 271 g/mol. The van der Waals surface area contributed by atoms with Gasteiger partial charge in [0.1, 0.15) is 18.2 Å². The Morgan fingerprint density at radius 1 is 1.40 bits per heavy atom. The molecule has 2 rings (SSSR count). The second kappa shape index (κ2) is 6.55. The molecule has 0 bridgehead atoms. The molecule has 1 aromatic heterocycles. The first-order valence-corrected chi connectivity index (χ1v) is 6.04. The number of nitriles is 1. The van der Waals surface area contributed by atoms with Crippen LogP contribution in [0.3, 0.4) is 0 Å². The van der Waals surface area contributed by atoms with E-state index in [4.69, 9.17) is 19.2 Å². The number of hydrogen-bond acceptors (Lipinski definition) is 5. The van der Waals surface area contributed by atoms with Crippen molar-refractivity contribution in [2.75, 3.05) is 19.8 Å². The third-order valence-electron chi connectivity index (χ3n) is 2.57. The van der Waals surface area contributed by atoms with Crippen molar-refractivity contribution in [2.45, 2.75) is 0 Å². The Morgan fingerprint density at radius 2 is 2.25 bits per heavy atom. The summed E-state index contributed by atoms with van der Waals surface area (Å²) in [6, 6.07) is 8.50. The van der Waals surface area contributed by atoms with Gasteiger partial charge in [0.15, 0.2) is 11.3 Å². The second-order valence-corrected chi connectivity index (χ2v) is 3.95. The first-order chi connectivity index (χ1) is 9.76. The molecule has 0 aliphatic heterocycles. The molecule has 0 atom stereocenters. The average Bonchev–Trinajstić information content (AvgIpc) is 2.46. The minimum Gasteiger partial charge on any atom is -0.487 e. The number of rotatable bonds is 6. The highest BCUT2D eigenvalue weighted by Crippen LogP contribution is 2.24. The van der Waals surface area contributed by atoms with E-state index < -0.39 is 5.63 Å². The molecule has 0 aliphatic carbocycles. The van der Waals surface area contributed by atoms with E-state index in [0.717, 1.165) is 0 Å². The van der Waals surface area contributed by atoms with E-state index >= 15 is 0 Å². The first-order valence-electron chi connectivity index (χ1n) is 6.04. The Kier molecular flexibility index (Phi) is 4.53. The van der Waals surface area contributed by atoms with E-state index in [1.807, 2.05) is 0 Å². The zero-order chi connectivity index (χ0) is 14.4. The maximum atomic E-state index is 11.6. The van der Waals surface area contributed by atoms with Crippen LogP contribution >= 0.6 is 0 Å². The highest BCUT2D eigenvalue weighted by Gasteiger charge is 2.09. The molecule has 2 aromatic rings. The fourth-order valence-corrected chi connectivity index (χ4v) is 1.69.